The van der Waals surface area contributed by atoms with E-state index in [9.17, 15) is 9.59 Å². The lowest BCUT2D eigenvalue weighted by Crippen LogP contribution is -2.07. The van der Waals surface area contributed by atoms with E-state index in [0.717, 1.165) is 0 Å². The Hall–Kier alpha value is -2.63. The van der Waals surface area contributed by atoms with Crippen LogP contribution in [0.3, 0.4) is 0 Å². The molecule has 0 aliphatic heterocycles. The van der Waals surface area contributed by atoms with Crippen LogP contribution in [0.5, 0.6) is 0 Å². The van der Waals surface area contributed by atoms with Crippen LogP contribution in [0.4, 0.5) is 5.69 Å². The van der Waals surface area contributed by atoms with E-state index in [-0.39, 0.29) is 11.5 Å². The molecule has 0 unspecified atom stereocenters. The van der Waals surface area contributed by atoms with Crippen molar-refractivity contribution < 1.29 is 14.7 Å². The minimum Gasteiger partial charge on any atom is -0.478 e. The largest absolute Gasteiger partial charge is 0.478 e. The molecule has 0 atom stereocenters. The summed E-state index contributed by atoms with van der Waals surface area (Å²) >= 11 is 0. The average molecular weight is 259 g/mol. The second kappa shape index (κ2) is 5.34. The summed E-state index contributed by atoms with van der Waals surface area (Å²) < 4.78 is 1.58. The van der Waals surface area contributed by atoms with Crippen LogP contribution in [0.2, 0.25) is 0 Å². The summed E-state index contributed by atoms with van der Waals surface area (Å²) in [5, 5.41) is 15.8. The topological polar surface area (TPSA) is 84.2 Å². The van der Waals surface area contributed by atoms with Crippen LogP contribution in [0.25, 0.3) is 0 Å². The lowest BCUT2D eigenvalue weighted by Gasteiger charge is -2.05. The lowest BCUT2D eigenvalue weighted by molar-refractivity contribution is -0.114. The van der Waals surface area contributed by atoms with Gasteiger partial charge in [-0.25, -0.2) is 4.79 Å². The molecular formula is C13H13N3O3. The van der Waals surface area contributed by atoms with Gasteiger partial charge in [0.15, 0.2) is 0 Å². The van der Waals surface area contributed by atoms with Crippen molar-refractivity contribution in [2.75, 3.05) is 5.32 Å². The van der Waals surface area contributed by atoms with E-state index in [4.69, 9.17) is 5.11 Å². The summed E-state index contributed by atoms with van der Waals surface area (Å²) in [6.07, 6.45) is 3.17. The Morgan fingerprint density at radius 3 is 2.79 bits per heavy atom. The van der Waals surface area contributed by atoms with E-state index >= 15 is 0 Å². The molecule has 2 aromatic rings. The molecule has 0 aliphatic carbocycles. The molecule has 1 amide bonds. The third kappa shape index (κ3) is 3.19. The number of carboxylic acid groups (broad SMARTS) is 1. The second-order valence-corrected chi connectivity index (χ2v) is 4.07. The molecule has 1 heterocycles. The van der Waals surface area contributed by atoms with Gasteiger partial charge in [-0.1, -0.05) is 18.2 Å². The fraction of sp³-hybridized carbons (Fsp3) is 0.154. The molecule has 1 aromatic carbocycles. The molecule has 6 heteroatoms. The highest BCUT2D eigenvalue weighted by molar-refractivity contribution is 5.89. The second-order valence-electron chi connectivity index (χ2n) is 4.07. The van der Waals surface area contributed by atoms with Crippen molar-refractivity contribution in [2.45, 2.75) is 13.5 Å². The molecule has 6 nitrogen and oxygen atoms in total. The van der Waals surface area contributed by atoms with Gasteiger partial charge in [-0.2, -0.15) is 5.10 Å². The molecule has 1 aromatic heterocycles. The summed E-state index contributed by atoms with van der Waals surface area (Å²) in [5.41, 5.74) is 1.49. The number of amides is 1. The monoisotopic (exact) mass is 259 g/mol. The summed E-state index contributed by atoms with van der Waals surface area (Å²) in [7, 11) is 0. The van der Waals surface area contributed by atoms with Gasteiger partial charge in [0.1, 0.15) is 0 Å². The number of anilines is 1. The number of hydrogen-bond donors (Lipinski definition) is 2. The van der Waals surface area contributed by atoms with Crippen molar-refractivity contribution >= 4 is 17.6 Å². The van der Waals surface area contributed by atoms with Crippen LogP contribution in [0.1, 0.15) is 22.8 Å². The van der Waals surface area contributed by atoms with Gasteiger partial charge in [-0.3, -0.25) is 9.48 Å². The van der Waals surface area contributed by atoms with Gasteiger partial charge < -0.3 is 10.4 Å². The number of carbonyl (C=O) groups excluding carboxylic acids is 1. The van der Waals surface area contributed by atoms with Gasteiger partial charge in [0.25, 0.3) is 0 Å². The van der Waals surface area contributed by atoms with E-state index in [1.807, 2.05) is 0 Å². The van der Waals surface area contributed by atoms with Crippen molar-refractivity contribution in [3.8, 4) is 0 Å². The van der Waals surface area contributed by atoms with Crippen LogP contribution in [-0.2, 0) is 11.3 Å². The fourth-order valence-corrected chi connectivity index (χ4v) is 1.76. The van der Waals surface area contributed by atoms with Gasteiger partial charge in [0, 0.05) is 13.1 Å². The predicted molar refractivity (Wildman–Crippen MR) is 69.0 cm³/mol. The SMILES string of the molecule is CC(=O)Nc1cnn(Cc2ccccc2C(=O)O)c1. The first kappa shape index (κ1) is 12.8. The molecule has 0 saturated carbocycles. The highest BCUT2D eigenvalue weighted by Crippen LogP contribution is 2.12. The standard InChI is InChI=1S/C13H13N3O3/c1-9(17)15-11-6-14-16(8-11)7-10-4-2-3-5-12(10)13(18)19/h2-6,8H,7H2,1H3,(H,15,17)(H,18,19). The number of nitrogens with zero attached hydrogens (tertiary/aromatic N) is 2. The maximum absolute atomic E-state index is 11.1. The van der Waals surface area contributed by atoms with Crippen molar-refractivity contribution in [3.63, 3.8) is 0 Å². The zero-order valence-electron chi connectivity index (χ0n) is 10.3. The van der Waals surface area contributed by atoms with Crippen LogP contribution in [0.15, 0.2) is 36.7 Å². The number of nitrogens with one attached hydrogen (secondary N) is 1. The smallest absolute Gasteiger partial charge is 0.336 e. The Bertz CT molecular complexity index is 619. The number of rotatable bonds is 4. The van der Waals surface area contributed by atoms with Gasteiger partial charge in [-0.15, -0.1) is 0 Å². The molecule has 2 rings (SSSR count). The maximum atomic E-state index is 11.1. The summed E-state index contributed by atoms with van der Waals surface area (Å²) in [5.74, 6) is -1.14. The molecular weight excluding hydrogens is 246 g/mol. The van der Waals surface area contributed by atoms with Crippen LogP contribution >= 0.6 is 0 Å². The summed E-state index contributed by atoms with van der Waals surface area (Å²) in [4.78, 5) is 22.0. The molecule has 2 N–H and O–H groups in total. The molecule has 0 saturated heterocycles. The number of carbonyl (C=O) groups is 2. The predicted octanol–water partition coefficient (Wildman–Crippen LogP) is 1.59. The van der Waals surface area contributed by atoms with Crippen molar-refractivity contribution in [3.05, 3.63) is 47.8 Å². The normalized spacial score (nSPS) is 10.2. The Labute approximate surface area is 109 Å². The zero-order valence-corrected chi connectivity index (χ0v) is 10.3. The average Bonchev–Trinajstić information content (AvgIpc) is 2.76. The molecule has 19 heavy (non-hydrogen) atoms. The Morgan fingerprint density at radius 1 is 1.37 bits per heavy atom. The van der Waals surface area contributed by atoms with Gasteiger partial charge in [0.2, 0.25) is 5.91 Å². The summed E-state index contributed by atoms with van der Waals surface area (Å²) in [6, 6.07) is 6.75. The molecule has 0 radical (unpaired) electrons. The Kier molecular flexibility index (Phi) is 3.61. The van der Waals surface area contributed by atoms with E-state index in [1.165, 1.54) is 13.1 Å². The Balaban J connectivity index is 2.19. The van der Waals surface area contributed by atoms with Gasteiger partial charge in [-0.05, 0) is 11.6 Å². The van der Waals surface area contributed by atoms with E-state index in [2.05, 4.69) is 10.4 Å². The van der Waals surface area contributed by atoms with Gasteiger partial charge >= 0.3 is 5.97 Å². The first-order valence-electron chi connectivity index (χ1n) is 5.67. The molecule has 98 valence electrons. The van der Waals surface area contributed by atoms with Crippen molar-refractivity contribution in [2.24, 2.45) is 0 Å². The molecule has 0 aliphatic rings. The highest BCUT2D eigenvalue weighted by Gasteiger charge is 2.10. The molecule has 0 bridgehead atoms. The lowest BCUT2D eigenvalue weighted by atomic mass is 10.1. The van der Waals surface area contributed by atoms with Crippen LogP contribution in [-0.4, -0.2) is 26.8 Å². The minimum atomic E-state index is -0.968. The van der Waals surface area contributed by atoms with Crippen molar-refractivity contribution in [1.82, 2.24) is 9.78 Å². The van der Waals surface area contributed by atoms with Gasteiger partial charge in [0.05, 0.1) is 24.0 Å². The quantitative estimate of drug-likeness (QED) is 0.873. The maximum Gasteiger partial charge on any atom is 0.336 e. The number of hydrogen-bond acceptors (Lipinski definition) is 3. The van der Waals surface area contributed by atoms with Crippen molar-refractivity contribution in [1.29, 1.82) is 0 Å². The molecule has 0 spiro atoms. The highest BCUT2D eigenvalue weighted by atomic mass is 16.4. The Morgan fingerprint density at radius 2 is 2.11 bits per heavy atom. The number of aromatic carboxylic acids is 1. The van der Waals surface area contributed by atoms with E-state index < -0.39 is 5.97 Å². The van der Waals surface area contributed by atoms with E-state index in [1.54, 1.807) is 35.1 Å². The molecule has 0 fully saturated rings. The minimum absolute atomic E-state index is 0.175. The fourth-order valence-electron chi connectivity index (χ4n) is 1.76. The third-order valence-electron chi connectivity index (χ3n) is 2.53. The zero-order chi connectivity index (χ0) is 13.8. The first-order chi connectivity index (χ1) is 9.06. The first-order valence-corrected chi connectivity index (χ1v) is 5.67. The third-order valence-corrected chi connectivity index (χ3v) is 2.53. The number of benzene rings is 1. The van der Waals surface area contributed by atoms with E-state index in [0.29, 0.717) is 17.8 Å². The summed E-state index contributed by atoms with van der Waals surface area (Å²) in [6.45, 7) is 1.75. The number of carboxylic acids is 1. The van der Waals surface area contributed by atoms with Crippen LogP contribution < -0.4 is 5.32 Å². The van der Waals surface area contributed by atoms with Crippen LogP contribution in [0, 0.1) is 0 Å². The number of aromatic nitrogens is 2.